The van der Waals surface area contributed by atoms with E-state index >= 15 is 0 Å². The first kappa shape index (κ1) is 92.5. The van der Waals surface area contributed by atoms with Gasteiger partial charge >= 0.3 is 39.5 Å². The van der Waals surface area contributed by atoms with Crippen LogP contribution in [0, 0.1) is 11.8 Å². The van der Waals surface area contributed by atoms with Crippen LogP contribution in [0.3, 0.4) is 0 Å². The minimum Gasteiger partial charge on any atom is -0.462 e. The zero-order valence-electron chi connectivity index (χ0n) is 61.5. The molecule has 0 spiro atoms. The molecular weight excluding hydrogens is 1250 g/mol. The number of carbonyl (C=O) groups excluding carboxylic acids is 4. The van der Waals surface area contributed by atoms with Crippen molar-refractivity contribution in [2.75, 3.05) is 39.6 Å². The third-order valence-electron chi connectivity index (χ3n) is 17.1. The van der Waals surface area contributed by atoms with Gasteiger partial charge in [0.2, 0.25) is 0 Å². The van der Waals surface area contributed by atoms with E-state index in [1.165, 1.54) is 167 Å². The van der Waals surface area contributed by atoms with E-state index in [4.69, 9.17) is 37.0 Å². The van der Waals surface area contributed by atoms with Crippen LogP contribution in [0.5, 0.6) is 0 Å². The maximum Gasteiger partial charge on any atom is 0.472 e. The third kappa shape index (κ3) is 69.8. The minimum atomic E-state index is -4.96. The van der Waals surface area contributed by atoms with Crippen LogP contribution >= 0.6 is 15.6 Å². The molecule has 2 unspecified atom stereocenters. The van der Waals surface area contributed by atoms with E-state index in [9.17, 15) is 43.2 Å². The summed E-state index contributed by atoms with van der Waals surface area (Å²) in [6.45, 7) is 9.51. The first-order chi connectivity index (χ1) is 45.9. The molecule has 95 heavy (non-hydrogen) atoms. The monoisotopic (exact) mass is 1390 g/mol. The fourth-order valence-electron chi connectivity index (χ4n) is 11.1. The molecule has 0 rings (SSSR count). The number of aliphatic hydroxyl groups excluding tert-OH is 1. The highest BCUT2D eigenvalue weighted by Gasteiger charge is 2.30. The molecule has 0 saturated carbocycles. The Labute approximate surface area is 580 Å². The molecule has 0 radical (unpaired) electrons. The van der Waals surface area contributed by atoms with Crippen molar-refractivity contribution in [3.8, 4) is 0 Å². The molecule has 0 aromatic heterocycles. The lowest BCUT2D eigenvalue weighted by Crippen LogP contribution is -2.30. The number of rotatable bonds is 73. The van der Waals surface area contributed by atoms with Crippen molar-refractivity contribution < 1.29 is 80.2 Å². The van der Waals surface area contributed by atoms with E-state index in [2.05, 4.69) is 65.8 Å². The number of phosphoric acid groups is 2. The average molecular weight is 1390 g/mol. The number of ether oxygens (including phenoxy) is 4. The number of hydrogen-bond acceptors (Lipinski definition) is 15. The SMILES string of the molecule is CCCCCC/C=C\C=C/CCCCCCCC(=O)OC[C@H](COP(=O)(O)OC[C@@H](O)COP(=O)(O)OC[C@@H](COC(=O)CCCCCCCCCCC(C)C)OC(=O)CCCCCCCCCCCCCCC)OC(=O)CCCCCCCCCCCCCCCC(C)C. The summed E-state index contributed by atoms with van der Waals surface area (Å²) in [7, 11) is -9.92. The van der Waals surface area contributed by atoms with E-state index in [1.54, 1.807) is 0 Å². The van der Waals surface area contributed by atoms with Crippen LogP contribution in [0.1, 0.15) is 369 Å². The predicted octanol–water partition coefficient (Wildman–Crippen LogP) is 21.9. The third-order valence-corrected chi connectivity index (χ3v) is 19.0. The van der Waals surface area contributed by atoms with Gasteiger partial charge in [-0.05, 0) is 63.2 Å². The molecule has 0 aliphatic heterocycles. The standard InChI is InChI=1S/C76H144O17P2/c1-7-9-11-13-15-17-19-21-22-26-29-33-40-46-52-58-73(78)86-64-71(92-76(81)61-55-49-43-35-31-27-23-25-28-32-38-44-50-56-68(3)4)66-90-94(82,83)88-62-70(77)63-89-95(84,85)91-67-72(65-87-74(79)59-53-47-41-37-36-39-45-51-57-69(5)6)93-75(80)60-54-48-42-34-30-24-20-18-16-14-12-10-8-2/h17,19,21-22,68-72,77H,7-16,18,20,23-67H2,1-6H3,(H,82,83)(H,84,85)/b19-17-,22-21-/t70-,71-,72-/m1/s1. The Kier molecular flexibility index (Phi) is 65.6. The number of allylic oxidation sites excluding steroid dienone is 4. The Balaban J connectivity index is 5.29. The average Bonchev–Trinajstić information content (AvgIpc) is 2.11. The number of aliphatic hydroxyl groups is 1. The van der Waals surface area contributed by atoms with Gasteiger partial charge in [-0.25, -0.2) is 9.13 Å². The summed E-state index contributed by atoms with van der Waals surface area (Å²) in [5, 5.41) is 10.6. The molecule has 0 bridgehead atoms. The van der Waals surface area contributed by atoms with Crippen molar-refractivity contribution in [1.82, 2.24) is 0 Å². The van der Waals surface area contributed by atoms with Crippen LogP contribution in [0.4, 0.5) is 0 Å². The van der Waals surface area contributed by atoms with Gasteiger partial charge in [0, 0.05) is 25.7 Å². The van der Waals surface area contributed by atoms with Crippen LogP contribution in [-0.4, -0.2) is 96.7 Å². The van der Waals surface area contributed by atoms with Crippen LogP contribution < -0.4 is 0 Å². The summed E-state index contributed by atoms with van der Waals surface area (Å²) in [4.78, 5) is 72.8. The Morgan fingerprint density at radius 1 is 0.326 bits per heavy atom. The lowest BCUT2D eigenvalue weighted by atomic mass is 10.0. The number of unbranched alkanes of at least 4 members (excludes halogenated alkanes) is 40. The lowest BCUT2D eigenvalue weighted by Gasteiger charge is -2.21. The maximum absolute atomic E-state index is 13.1. The summed E-state index contributed by atoms with van der Waals surface area (Å²) in [5.74, 6) is -0.636. The van der Waals surface area contributed by atoms with Crippen molar-refractivity contribution in [2.24, 2.45) is 11.8 Å². The van der Waals surface area contributed by atoms with Crippen LogP contribution in [-0.2, 0) is 65.4 Å². The van der Waals surface area contributed by atoms with Gasteiger partial charge in [0.05, 0.1) is 26.4 Å². The molecule has 0 heterocycles. The lowest BCUT2D eigenvalue weighted by molar-refractivity contribution is -0.161. The van der Waals surface area contributed by atoms with Crippen LogP contribution in [0.15, 0.2) is 24.3 Å². The largest absolute Gasteiger partial charge is 0.472 e. The van der Waals surface area contributed by atoms with E-state index in [0.717, 1.165) is 121 Å². The van der Waals surface area contributed by atoms with Crippen LogP contribution in [0.2, 0.25) is 0 Å². The van der Waals surface area contributed by atoms with Crippen molar-refractivity contribution >= 4 is 39.5 Å². The van der Waals surface area contributed by atoms with Crippen molar-refractivity contribution in [1.29, 1.82) is 0 Å². The Bertz CT molecular complexity index is 1930. The fraction of sp³-hybridized carbons (Fsp3) is 0.895. The number of carbonyl (C=O) groups is 4. The van der Waals surface area contributed by atoms with Gasteiger partial charge in [0.15, 0.2) is 12.2 Å². The normalized spacial score (nSPS) is 14.2. The molecule has 5 atom stereocenters. The highest BCUT2D eigenvalue weighted by Crippen LogP contribution is 2.45. The smallest absolute Gasteiger partial charge is 0.462 e. The molecule has 19 heteroatoms. The summed E-state index contributed by atoms with van der Waals surface area (Å²) >= 11 is 0. The Morgan fingerprint density at radius 3 is 0.863 bits per heavy atom. The van der Waals surface area contributed by atoms with Crippen LogP contribution in [0.25, 0.3) is 0 Å². The zero-order chi connectivity index (χ0) is 70.0. The number of hydrogen-bond donors (Lipinski definition) is 3. The summed E-state index contributed by atoms with van der Waals surface area (Å²) in [5.41, 5.74) is 0. The van der Waals surface area contributed by atoms with Gasteiger partial charge in [-0.3, -0.25) is 37.3 Å². The molecule has 17 nitrogen and oxygen atoms in total. The first-order valence-corrected chi connectivity index (χ1v) is 41.8. The van der Waals surface area contributed by atoms with Gasteiger partial charge < -0.3 is 33.8 Å². The molecule has 0 aromatic carbocycles. The topological polar surface area (TPSA) is 237 Å². The molecule has 3 N–H and O–H groups in total. The summed E-state index contributed by atoms with van der Waals surface area (Å²) < 4.78 is 68.5. The Morgan fingerprint density at radius 2 is 0.568 bits per heavy atom. The highest BCUT2D eigenvalue weighted by atomic mass is 31.2. The molecule has 560 valence electrons. The number of esters is 4. The maximum atomic E-state index is 13.1. The Hall–Kier alpha value is -2.46. The van der Waals surface area contributed by atoms with E-state index < -0.39 is 97.5 Å². The second kappa shape index (κ2) is 67.4. The van der Waals surface area contributed by atoms with Crippen molar-refractivity contribution in [3.63, 3.8) is 0 Å². The second-order valence-electron chi connectivity index (χ2n) is 27.7. The highest BCUT2D eigenvalue weighted by molar-refractivity contribution is 7.47. The zero-order valence-corrected chi connectivity index (χ0v) is 63.2. The summed E-state index contributed by atoms with van der Waals surface area (Å²) in [6, 6.07) is 0. The molecule has 0 amide bonds. The van der Waals surface area contributed by atoms with Gasteiger partial charge in [0.25, 0.3) is 0 Å². The quantitative estimate of drug-likeness (QED) is 0.0169. The van der Waals surface area contributed by atoms with Crippen molar-refractivity contribution in [2.45, 2.75) is 387 Å². The van der Waals surface area contributed by atoms with Gasteiger partial charge in [-0.2, -0.15) is 0 Å². The molecular formula is C76H144O17P2. The molecule has 0 saturated heterocycles. The second-order valence-corrected chi connectivity index (χ2v) is 30.6. The van der Waals surface area contributed by atoms with Gasteiger partial charge in [-0.15, -0.1) is 0 Å². The minimum absolute atomic E-state index is 0.100. The van der Waals surface area contributed by atoms with E-state index in [0.29, 0.717) is 25.7 Å². The number of phosphoric ester groups is 2. The van der Waals surface area contributed by atoms with Gasteiger partial charge in [0.1, 0.15) is 19.3 Å². The van der Waals surface area contributed by atoms with E-state index in [-0.39, 0.29) is 25.7 Å². The summed E-state index contributed by atoms with van der Waals surface area (Å²) in [6.07, 6.45) is 57.6. The van der Waals surface area contributed by atoms with Crippen molar-refractivity contribution in [3.05, 3.63) is 24.3 Å². The molecule has 0 aromatic rings. The molecule has 0 aliphatic carbocycles. The van der Waals surface area contributed by atoms with E-state index in [1.807, 2.05) is 0 Å². The van der Waals surface area contributed by atoms with Gasteiger partial charge in [-0.1, -0.05) is 316 Å². The molecule has 0 fully saturated rings. The fourth-order valence-corrected chi connectivity index (χ4v) is 12.7. The predicted molar refractivity (Wildman–Crippen MR) is 386 cm³/mol. The first-order valence-electron chi connectivity index (χ1n) is 38.8. The molecule has 0 aliphatic rings.